The van der Waals surface area contributed by atoms with Gasteiger partial charge in [0.2, 0.25) is 0 Å². The highest BCUT2D eigenvalue weighted by atomic mass is 16.5. The van der Waals surface area contributed by atoms with Crippen LogP contribution in [0.4, 0.5) is 0 Å². The lowest BCUT2D eigenvalue weighted by atomic mass is 9.76. The van der Waals surface area contributed by atoms with Gasteiger partial charge >= 0.3 is 0 Å². The lowest BCUT2D eigenvalue weighted by molar-refractivity contribution is 0.0646. The summed E-state index contributed by atoms with van der Waals surface area (Å²) in [6.45, 7) is 4.29. The maximum atomic E-state index is 6.29. The summed E-state index contributed by atoms with van der Waals surface area (Å²) in [5.74, 6) is 0.968. The highest BCUT2D eigenvalue weighted by Gasteiger charge is 2.43. The van der Waals surface area contributed by atoms with E-state index in [2.05, 4.69) is 30.0 Å². The largest absolute Gasteiger partial charge is 0.497 e. The molecule has 1 aliphatic carbocycles. The standard InChI is InChI=1S/C18H28N2O/c1-3-16-5-4-10-20(16)18(13-19)9-8-14-6-7-17(21-2)11-15(14)12-18/h6-7,11,16H,3-5,8-10,12-13,19H2,1-2H3. The van der Waals surface area contributed by atoms with Gasteiger partial charge in [-0.15, -0.1) is 0 Å². The number of methoxy groups -OCH3 is 1. The molecule has 2 atom stereocenters. The zero-order chi connectivity index (χ0) is 14.9. The first kappa shape index (κ1) is 14.9. The van der Waals surface area contributed by atoms with Crippen molar-refractivity contribution in [3.05, 3.63) is 29.3 Å². The summed E-state index contributed by atoms with van der Waals surface area (Å²) >= 11 is 0. The SMILES string of the molecule is CCC1CCCN1C1(CN)CCc2ccc(OC)cc2C1. The third kappa shape index (κ3) is 2.58. The third-order valence-corrected chi connectivity index (χ3v) is 5.63. The number of hydrogen-bond donors (Lipinski definition) is 1. The number of likely N-dealkylation sites (tertiary alicyclic amines) is 1. The molecule has 3 heteroatoms. The van der Waals surface area contributed by atoms with Crippen molar-refractivity contribution in [1.29, 1.82) is 0 Å². The minimum atomic E-state index is 0.163. The second kappa shape index (κ2) is 5.98. The molecule has 2 N–H and O–H groups in total. The maximum absolute atomic E-state index is 6.29. The van der Waals surface area contributed by atoms with Crippen LogP contribution in [0.3, 0.4) is 0 Å². The molecular weight excluding hydrogens is 260 g/mol. The van der Waals surface area contributed by atoms with Crippen LogP contribution in [0, 0.1) is 0 Å². The summed E-state index contributed by atoms with van der Waals surface area (Å²) < 4.78 is 5.40. The number of nitrogens with two attached hydrogens (primary N) is 1. The first-order valence-corrected chi connectivity index (χ1v) is 8.35. The number of fused-ring (bicyclic) bond motifs is 1. The smallest absolute Gasteiger partial charge is 0.119 e. The molecule has 2 unspecified atom stereocenters. The van der Waals surface area contributed by atoms with Crippen LogP contribution < -0.4 is 10.5 Å². The Bertz CT molecular complexity index is 502. The number of hydrogen-bond acceptors (Lipinski definition) is 3. The molecule has 1 aromatic carbocycles. The highest BCUT2D eigenvalue weighted by molar-refractivity contribution is 5.39. The summed E-state index contributed by atoms with van der Waals surface area (Å²) in [6, 6.07) is 7.26. The van der Waals surface area contributed by atoms with Gasteiger partial charge in [0, 0.05) is 18.1 Å². The van der Waals surface area contributed by atoms with Crippen LogP contribution in [0.5, 0.6) is 5.75 Å². The van der Waals surface area contributed by atoms with Crippen molar-refractivity contribution in [1.82, 2.24) is 4.90 Å². The molecule has 0 radical (unpaired) electrons. The maximum Gasteiger partial charge on any atom is 0.119 e. The van der Waals surface area contributed by atoms with Crippen molar-refractivity contribution in [2.24, 2.45) is 5.73 Å². The predicted molar refractivity (Wildman–Crippen MR) is 86.8 cm³/mol. The molecule has 1 fully saturated rings. The van der Waals surface area contributed by atoms with Crippen LogP contribution >= 0.6 is 0 Å². The van der Waals surface area contributed by atoms with Gasteiger partial charge in [0.1, 0.15) is 5.75 Å². The molecule has 0 spiro atoms. The molecule has 3 nitrogen and oxygen atoms in total. The highest BCUT2D eigenvalue weighted by Crippen LogP contribution is 2.38. The van der Waals surface area contributed by atoms with Crippen molar-refractivity contribution in [3.63, 3.8) is 0 Å². The van der Waals surface area contributed by atoms with Crippen LogP contribution in [-0.2, 0) is 12.8 Å². The average Bonchev–Trinajstić information content (AvgIpc) is 3.03. The Morgan fingerprint density at radius 2 is 2.24 bits per heavy atom. The van der Waals surface area contributed by atoms with E-state index in [4.69, 9.17) is 10.5 Å². The second-order valence-corrected chi connectivity index (χ2v) is 6.64. The van der Waals surface area contributed by atoms with Crippen molar-refractivity contribution in [2.45, 2.75) is 57.0 Å². The van der Waals surface area contributed by atoms with E-state index in [-0.39, 0.29) is 5.54 Å². The van der Waals surface area contributed by atoms with Crippen LogP contribution in [0.2, 0.25) is 0 Å². The van der Waals surface area contributed by atoms with Gasteiger partial charge in [-0.05, 0) is 68.3 Å². The molecule has 0 saturated carbocycles. The summed E-state index contributed by atoms with van der Waals surface area (Å²) in [6.07, 6.45) is 7.32. The van der Waals surface area contributed by atoms with Gasteiger partial charge in [0.15, 0.2) is 0 Å². The number of benzene rings is 1. The van der Waals surface area contributed by atoms with E-state index in [0.29, 0.717) is 0 Å². The first-order valence-electron chi connectivity index (χ1n) is 8.35. The van der Waals surface area contributed by atoms with Gasteiger partial charge in [0.25, 0.3) is 0 Å². The van der Waals surface area contributed by atoms with E-state index in [9.17, 15) is 0 Å². The van der Waals surface area contributed by atoms with E-state index < -0.39 is 0 Å². The monoisotopic (exact) mass is 288 g/mol. The van der Waals surface area contributed by atoms with E-state index in [0.717, 1.165) is 31.2 Å². The Morgan fingerprint density at radius 1 is 1.38 bits per heavy atom. The number of nitrogens with zero attached hydrogens (tertiary/aromatic N) is 1. The Morgan fingerprint density at radius 3 is 2.95 bits per heavy atom. The molecule has 1 saturated heterocycles. The Hall–Kier alpha value is -1.06. The summed E-state index contributed by atoms with van der Waals surface area (Å²) in [7, 11) is 1.74. The fourth-order valence-electron chi connectivity index (χ4n) is 4.37. The molecule has 1 heterocycles. The summed E-state index contributed by atoms with van der Waals surface area (Å²) in [5, 5.41) is 0. The summed E-state index contributed by atoms with van der Waals surface area (Å²) in [5.41, 5.74) is 9.37. The molecule has 0 aromatic heterocycles. The Kier molecular flexibility index (Phi) is 4.23. The van der Waals surface area contributed by atoms with Crippen molar-refractivity contribution < 1.29 is 4.74 Å². The fraction of sp³-hybridized carbons (Fsp3) is 0.667. The molecule has 3 rings (SSSR count). The molecular formula is C18H28N2O. The zero-order valence-corrected chi connectivity index (χ0v) is 13.4. The normalized spacial score (nSPS) is 29.4. The number of aryl methyl sites for hydroxylation is 1. The third-order valence-electron chi connectivity index (χ3n) is 5.63. The van der Waals surface area contributed by atoms with Gasteiger partial charge in [-0.3, -0.25) is 4.90 Å². The van der Waals surface area contributed by atoms with E-state index in [1.807, 2.05) is 0 Å². The predicted octanol–water partition coefficient (Wildman–Crippen LogP) is 2.76. The van der Waals surface area contributed by atoms with Crippen molar-refractivity contribution in [3.8, 4) is 5.75 Å². The quantitative estimate of drug-likeness (QED) is 0.926. The van der Waals surface area contributed by atoms with E-state index in [1.54, 1.807) is 7.11 Å². The molecule has 2 aliphatic rings. The summed E-state index contributed by atoms with van der Waals surface area (Å²) in [4.78, 5) is 2.73. The van der Waals surface area contributed by atoms with E-state index in [1.165, 1.54) is 43.4 Å². The minimum Gasteiger partial charge on any atom is -0.497 e. The van der Waals surface area contributed by atoms with Crippen LogP contribution in [0.15, 0.2) is 18.2 Å². The fourth-order valence-corrected chi connectivity index (χ4v) is 4.37. The Labute approximate surface area is 128 Å². The Balaban J connectivity index is 1.90. The van der Waals surface area contributed by atoms with Crippen LogP contribution in [0.25, 0.3) is 0 Å². The van der Waals surface area contributed by atoms with Gasteiger partial charge < -0.3 is 10.5 Å². The van der Waals surface area contributed by atoms with Gasteiger partial charge in [-0.25, -0.2) is 0 Å². The lowest BCUT2D eigenvalue weighted by Gasteiger charge is -2.47. The van der Waals surface area contributed by atoms with Gasteiger partial charge in [-0.2, -0.15) is 0 Å². The molecule has 0 amide bonds. The van der Waals surface area contributed by atoms with Crippen molar-refractivity contribution >= 4 is 0 Å². The molecule has 1 aromatic rings. The van der Waals surface area contributed by atoms with Crippen LogP contribution in [-0.4, -0.2) is 36.7 Å². The number of ether oxygens (including phenoxy) is 1. The number of rotatable bonds is 4. The first-order chi connectivity index (χ1) is 10.2. The van der Waals surface area contributed by atoms with Crippen molar-refractivity contribution in [2.75, 3.05) is 20.2 Å². The molecule has 1 aliphatic heterocycles. The zero-order valence-electron chi connectivity index (χ0n) is 13.4. The van der Waals surface area contributed by atoms with E-state index >= 15 is 0 Å². The van der Waals surface area contributed by atoms with Crippen LogP contribution in [0.1, 0.15) is 43.7 Å². The average molecular weight is 288 g/mol. The topological polar surface area (TPSA) is 38.5 Å². The molecule has 21 heavy (non-hydrogen) atoms. The molecule has 116 valence electrons. The van der Waals surface area contributed by atoms with Gasteiger partial charge in [0.05, 0.1) is 7.11 Å². The van der Waals surface area contributed by atoms with Gasteiger partial charge in [-0.1, -0.05) is 13.0 Å². The second-order valence-electron chi connectivity index (χ2n) is 6.64. The lowest BCUT2D eigenvalue weighted by Crippen LogP contribution is -2.58. The minimum absolute atomic E-state index is 0.163. The molecule has 0 bridgehead atoms.